The molecule has 152 valence electrons. The molecule has 0 radical (unpaired) electrons. The molecule has 1 aromatic carbocycles. The van der Waals surface area contributed by atoms with Crippen LogP contribution in [0.1, 0.15) is 36.0 Å². The van der Waals surface area contributed by atoms with Crippen molar-refractivity contribution in [1.82, 2.24) is 4.90 Å². The highest BCUT2D eigenvalue weighted by Gasteiger charge is 2.37. The Bertz CT molecular complexity index is 963. The van der Waals surface area contributed by atoms with E-state index in [9.17, 15) is 13.2 Å². The molecule has 0 bridgehead atoms. The maximum absolute atomic E-state index is 13.2. The molecule has 28 heavy (non-hydrogen) atoms. The second kappa shape index (κ2) is 7.99. The molecule has 3 rings (SSSR count). The van der Waals surface area contributed by atoms with Crippen LogP contribution in [0.3, 0.4) is 0 Å². The fourth-order valence-electron chi connectivity index (χ4n) is 3.42. The third-order valence-corrected chi connectivity index (χ3v) is 6.94. The quantitative estimate of drug-likeness (QED) is 0.738. The number of furan rings is 1. The van der Waals surface area contributed by atoms with E-state index in [0.717, 1.165) is 16.9 Å². The molecule has 0 spiro atoms. The molecule has 1 saturated heterocycles. The number of benzene rings is 1. The van der Waals surface area contributed by atoms with E-state index in [4.69, 9.17) is 9.15 Å². The van der Waals surface area contributed by atoms with Crippen molar-refractivity contribution < 1.29 is 22.4 Å². The summed E-state index contributed by atoms with van der Waals surface area (Å²) in [6.45, 7) is 7.76. The zero-order chi connectivity index (χ0) is 20.5. The van der Waals surface area contributed by atoms with E-state index in [1.807, 2.05) is 51.1 Å². The van der Waals surface area contributed by atoms with Crippen molar-refractivity contribution in [2.75, 3.05) is 11.5 Å². The zero-order valence-corrected chi connectivity index (χ0v) is 17.6. The molecular weight excluding hydrogens is 378 g/mol. The first-order chi connectivity index (χ1) is 13.1. The molecule has 1 aromatic heterocycles. The largest absolute Gasteiger partial charge is 0.481 e. The van der Waals surface area contributed by atoms with Crippen LogP contribution in [-0.4, -0.2) is 42.9 Å². The smallest absolute Gasteiger partial charge is 0.264 e. The Morgan fingerprint density at radius 2 is 1.96 bits per heavy atom. The van der Waals surface area contributed by atoms with E-state index in [-0.39, 0.29) is 30.0 Å². The van der Waals surface area contributed by atoms with Crippen LogP contribution in [0.2, 0.25) is 0 Å². The molecule has 2 unspecified atom stereocenters. The van der Waals surface area contributed by atoms with E-state index in [0.29, 0.717) is 17.9 Å². The number of hydrogen-bond donors (Lipinski definition) is 0. The van der Waals surface area contributed by atoms with Gasteiger partial charge in [-0.2, -0.15) is 0 Å². The summed E-state index contributed by atoms with van der Waals surface area (Å²) in [6.07, 6.45) is -0.300. The molecule has 0 N–H and O–H groups in total. The first-order valence-corrected chi connectivity index (χ1v) is 11.3. The van der Waals surface area contributed by atoms with Crippen LogP contribution in [0.5, 0.6) is 5.75 Å². The number of rotatable bonds is 6. The molecule has 1 aliphatic heterocycles. The highest BCUT2D eigenvalue weighted by Crippen LogP contribution is 2.24. The number of hydrogen-bond acceptors (Lipinski definition) is 5. The van der Waals surface area contributed by atoms with Crippen LogP contribution in [0.15, 0.2) is 34.7 Å². The number of carbonyl (C=O) groups is 1. The molecular formula is C21H27NO5S. The van der Waals surface area contributed by atoms with Gasteiger partial charge in [-0.1, -0.05) is 6.07 Å². The Morgan fingerprint density at radius 1 is 1.21 bits per heavy atom. The van der Waals surface area contributed by atoms with Crippen LogP contribution < -0.4 is 4.74 Å². The fourth-order valence-corrected chi connectivity index (χ4v) is 5.15. The Kier molecular flexibility index (Phi) is 5.84. The maximum atomic E-state index is 13.2. The molecule has 2 heterocycles. The first kappa shape index (κ1) is 20.5. The van der Waals surface area contributed by atoms with E-state index in [1.165, 1.54) is 0 Å². The molecule has 6 nitrogen and oxygen atoms in total. The molecule has 2 aromatic rings. The minimum Gasteiger partial charge on any atom is -0.481 e. The normalized spacial score (nSPS) is 19.4. The van der Waals surface area contributed by atoms with Crippen molar-refractivity contribution in [1.29, 1.82) is 0 Å². The monoisotopic (exact) mass is 405 g/mol. The standard InChI is InChI=1S/C21H27NO5S/c1-14-5-7-19(11-15(14)2)27-17(4)21(23)22(12-20-8-6-16(3)26-20)18-9-10-28(24,25)13-18/h5-8,11,17-18H,9-10,12-13H2,1-4H3. The van der Waals surface area contributed by atoms with Gasteiger partial charge in [0.05, 0.1) is 18.1 Å². The second-order valence-electron chi connectivity index (χ2n) is 7.54. The Labute approximate surface area is 166 Å². The van der Waals surface area contributed by atoms with Gasteiger partial charge in [0.25, 0.3) is 5.91 Å². The highest BCUT2D eigenvalue weighted by molar-refractivity contribution is 7.91. The summed E-state index contributed by atoms with van der Waals surface area (Å²) >= 11 is 0. The predicted molar refractivity (Wildman–Crippen MR) is 107 cm³/mol. The van der Waals surface area contributed by atoms with Crippen molar-refractivity contribution >= 4 is 15.7 Å². The topological polar surface area (TPSA) is 76.8 Å². The van der Waals surface area contributed by atoms with E-state index in [1.54, 1.807) is 11.8 Å². The van der Waals surface area contributed by atoms with Gasteiger partial charge in [-0.05, 0) is 69.5 Å². The summed E-state index contributed by atoms with van der Waals surface area (Å²) in [5.41, 5.74) is 2.24. The van der Waals surface area contributed by atoms with Gasteiger partial charge < -0.3 is 14.1 Å². The van der Waals surface area contributed by atoms with Crippen molar-refractivity contribution in [2.24, 2.45) is 0 Å². The summed E-state index contributed by atoms with van der Waals surface area (Å²) in [4.78, 5) is 14.8. The van der Waals surface area contributed by atoms with E-state index in [2.05, 4.69) is 0 Å². The Morgan fingerprint density at radius 3 is 2.54 bits per heavy atom. The van der Waals surface area contributed by atoms with Gasteiger partial charge in [0.1, 0.15) is 17.3 Å². The number of carbonyl (C=O) groups excluding carboxylic acids is 1. The summed E-state index contributed by atoms with van der Waals surface area (Å²) in [5, 5.41) is 0. The lowest BCUT2D eigenvalue weighted by Crippen LogP contribution is -2.46. The molecule has 1 aliphatic rings. The van der Waals surface area contributed by atoms with E-state index >= 15 is 0 Å². The van der Waals surface area contributed by atoms with Gasteiger partial charge in [0, 0.05) is 6.04 Å². The third kappa shape index (κ3) is 4.76. The number of amides is 1. The van der Waals surface area contributed by atoms with Crippen LogP contribution in [0.4, 0.5) is 0 Å². The van der Waals surface area contributed by atoms with Crippen molar-refractivity contribution in [3.8, 4) is 5.75 Å². The molecule has 0 saturated carbocycles. The number of ether oxygens (including phenoxy) is 1. The number of aryl methyl sites for hydroxylation is 3. The van der Waals surface area contributed by atoms with Gasteiger partial charge in [-0.15, -0.1) is 0 Å². The Hall–Kier alpha value is -2.28. The summed E-state index contributed by atoms with van der Waals surface area (Å²) in [6, 6.07) is 8.97. The molecule has 2 atom stereocenters. The average molecular weight is 406 g/mol. The maximum Gasteiger partial charge on any atom is 0.264 e. The summed E-state index contributed by atoms with van der Waals surface area (Å²) in [5.74, 6) is 1.85. The lowest BCUT2D eigenvalue weighted by Gasteiger charge is -2.30. The predicted octanol–water partition coefficient (Wildman–Crippen LogP) is 3.19. The van der Waals surface area contributed by atoms with Gasteiger partial charge in [0.2, 0.25) is 0 Å². The SMILES string of the molecule is Cc1ccc(CN(C(=O)C(C)Oc2ccc(C)c(C)c2)C2CCS(=O)(=O)C2)o1. The molecule has 0 aliphatic carbocycles. The van der Waals surface area contributed by atoms with Crippen LogP contribution in [0.25, 0.3) is 0 Å². The third-order valence-electron chi connectivity index (χ3n) is 5.19. The van der Waals surface area contributed by atoms with Crippen molar-refractivity contribution in [3.63, 3.8) is 0 Å². The second-order valence-corrected chi connectivity index (χ2v) is 9.77. The minimum absolute atomic E-state index is 0.0191. The lowest BCUT2D eigenvalue weighted by molar-refractivity contribution is -0.140. The van der Waals surface area contributed by atoms with Gasteiger partial charge in [-0.25, -0.2) is 8.42 Å². The fraction of sp³-hybridized carbons (Fsp3) is 0.476. The number of nitrogens with zero attached hydrogens (tertiary/aromatic N) is 1. The lowest BCUT2D eigenvalue weighted by atomic mass is 10.1. The van der Waals surface area contributed by atoms with Crippen molar-refractivity contribution in [3.05, 3.63) is 53.0 Å². The Balaban J connectivity index is 1.79. The zero-order valence-electron chi connectivity index (χ0n) is 16.8. The van der Waals surface area contributed by atoms with Crippen LogP contribution in [-0.2, 0) is 21.2 Å². The average Bonchev–Trinajstić information content (AvgIpc) is 3.20. The first-order valence-electron chi connectivity index (χ1n) is 9.45. The number of sulfone groups is 1. The highest BCUT2D eigenvalue weighted by atomic mass is 32.2. The van der Waals surface area contributed by atoms with Crippen molar-refractivity contribution in [2.45, 2.75) is 52.8 Å². The minimum atomic E-state index is -3.12. The van der Waals surface area contributed by atoms with E-state index < -0.39 is 15.9 Å². The van der Waals surface area contributed by atoms with Gasteiger partial charge >= 0.3 is 0 Å². The molecule has 1 fully saturated rings. The van der Waals surface area contributed by atoms with Crippen LogP contribution >= 0.6 is 0 Å². The van der Waals surface area contributed by atoms with Gasteiger partial charge in [-0.3, -0.25) is 4.79 Å². The summed E-state index contributed by atoms with van der Waals surface area (Å²) in [7, 11) is -3.12. The molecule has 7 heteroatoms. The molecule has 1 amide bonds. The van der Waals surface area contributed by atoms with Crippen LogP contribution in [0, 0.1) is 20.8 Å². The van der Waals surface area contributed by atoms with Gasteiger partial charge in [0.15, 0.2) is 15.9 Å². The summed E-state index contributed by atoms with van der Waals surface area (Å²) < 4.78 is 35.4.